The van der Waals surface area contributed by atoms with E-state index in [0.29, 0.717) is 12.5 Å². The zero-order valence-electron chi connectivity index (χ0n) is 13.8. The van der Waals surface area contributed by atoms with Crippen LogP contribution < -0.4 is 10.2 Å². The number of benzene rings is 1. The number of hydrogen-bond donors (Lipinski definition) is 2. The van der Waals surface area contributed by atoms with Gasteiger partial charge in [0.1, 0.15) is 0 Å². The van der Waals surface area contributed by atoms with E-state index >= 15 is 0 Å². The van der Waals surface area contributed by atoms with E-state index in [4.69, 9.17) is 0 Å². The van der Waals surface area contributed by atoms with Crippen LogP contribution in [0.1, 0.15) is 50.7 Å². The van der Waals surface area contributed by atoms with Crippen molar-refractivity contribution in [1.29, 1.82) is 0 Å². The first-order valence-corrected chi connectivity index (χ1v) is 8.20. The second-order valence-corrected chi connectivity index (χ2v) is 6.87. The number of nitrogens with one attached hydrogen (secondary N) is 2. The molecular formula is C18H29N2O+. The van der Waals surface area contributed by atoms with Crippen molar-refractivity contribution in [3.8, 4) is 0 Å². The van der Waals surface area contributed by atoms with Crippen LogP contribution >= 0.6 is 0 Å². The maximum Gasteiger partial charge on any atom is 0.279 e. The molecule has 0 bridgehead atoms. The minimum absolute atomic E-state index is 0.148. The predicted molar refractivity (Wildman–Crippen MR) is 87.9 cm³/mol. The maximum atomic E-state index is 12.4. The number of quaternary nitrogens is 1. The summed E-state index contributed by atoms with van der Waals surface area (Å²) in [6, 6.07) is 6.25. The zero-order chi connectivity index (χ0) is 15.4. The second-order valence-electron chi connectivity index (χ2n) is 6.87. The lowest BCUT2D eigenvalue weighted by atomic mass is 9.98. The Bertz CT molecular complexity index is 496. The number of likely N-dealkylation sites (tertiary alicyclic amines) is 1. The normalized spacial score (nSPS) is 22.3. The molecule has 1 fully saturated rings. The summed E-state index contributed by atoms with van der Waals surface area (Å²) in [5, 5.41) is 3.16. The third kappa shape index (κ3) is 4.31. The number of carbonyl (C=O) groups is 1. The summed E-state index contributed by atoms with van der Waals surface area (Å²) in [5.74, 6) is 1.31. The van der Waals surface area contributed by atoms with Crippen molar-refractivity contribution in [2.75, 3.05) is 25.0 Å². The summed E-state index contributed by atoms with van der Waals surface area (Å²) < 4.78 is 0. The van der Waals surface area contributed by atoms with E-state index in [1.807, 2.05) is 0 Å². The number of aryl methyl sites for hydroxylation is 1. The highest BCUT2D eigenvalue weighted by molar-refractivity contribution is 5.93. The summed E-state index contributed by atoms with van der Waals surface area (Å²) in [5.41, 5.74) is 3.39. The average molecular weight is 289 g/mol. The van der Waals surface area contributed by atoms with Gasteiger partial charge in [0.2, 0.25) is 0 Å². The van der Waals surface area contributed by atoms with Gasteiger partial charge in [-0.3, -0.25) is 4.79 Å². The van der Waals surface area contributed by atoms with Gasteiger partial charge in [-0.25, -0.2) is 0 Å². The van der Waals surface area contributed by atoms with Crippen molar-refractivity contribution >= 4 is 11.6 Å². The molecule has 2 atom stereocenters. The molecule has 0 spiro atoms. The molecule has 2 rings (SSSR count). The maximum absolute atomic E-state index is 12.4. The smallest absolute Gasteiger partial charge is 0.279 e. The lowest BCUT2D eigenvalue weighted by Gasteiger charge is -2.27. The van der Waals surface area contributed by atoms with E-state index in [1.54, 1.807) is 0 Å². The summed E-state index contributed by atoms with van der Waals surface area (Å²) in [6.45, 7) is 11.5. The van der Waals surface area contributed by atoms with Crippen LogP contribution in [-0.4, -0.2) is 25.5 Å². The third-order valence-corrected chi connectivity index (χ3v) is 4.47. The molecule has 1 aliphatic heterocycles. The van der Waals surface area contributed by atoms with Crippen LogP contribution in [0, 0.1) is 12.8 Å². The molecule has 116 valence electrons. The lowest BCUT2D eigenvalue weighted by Crippen LogP contribution is -3.14. The Hall–Kier alpha value is -1.35. The van der Waals surface area contributed by atoms with Crippen LogP contribution in [0.15, 0.2) is 18.2 Å². The van der Waals surface area contributed by atoms with Gasteiger partial charge in [-0.1, -0.05) is 39.0 Å². The van der Waals surface area contributed by atoms with Gasteiger partial charge in [0.05, 0.1) is 13.1 Å². The van der Waals surface area contributed by atoms with Crippen molar-refractivity contribution in [1.82, 2.24) is 0 Å². The van der Waals surface area contributed by atoms with Crippen molar-refractivity contribution in [2.24, 2.45) is 5.92 Å². The van der Waals surface area contributed by atoms with Crippen LogP contribution in [0.2, 0.25) is 0 Å². The standard InChI is InChI=1S/C18H28N2O/c1-13(2)16-9-5-8-15(4)18(16)19-17(21)12-20-10-6-7-14(3)11-20/h5,8-9,13-14H,6-7,10-12H2,1-4H3,(H,19,21)/p+1/t14-/m0/s1. The average Bonchev–Trinajstić information content (AvgIpc) is 2.40. The molecular weight excluding hydrogens is 260 g/mol. The number of para-hydroxylation sites is 1. The van der Waals surface area contributed by atoms with E-state index in [9.17, 15) is 4.79 Å². The van der Waals surface area contributed by atoms with Gasteiger partial charge in [0.15, 0.2) is 6.54 Å². The van der Waals surface area contributed by atoms with Crippen LogP contribution in [0.25, 0.3) is 0 Å². The molecule has 1 aliphatic rings. The van der Waals surface area contributed by atoms with Crippen LogP contribution in [0.4, 0.5) is 5.69 Å². The van der Waals surface area contributed by atoms with Gasteiger partial charge in [-0.15, -0.1) is 0 Å². The minimum Gasteiger partial charge on any atom is -0.327 e. The monoisotopic (exact) mass is 289 g/mol. The molecule has 2 N–H and O–H groups in total. The van der Waals surface area contributed by atoms with Gasteiger partial charge in [0.25, 0.3) is 5.91 Å². The molecule has 0 radical (unpaired) electrons. The highest BCUT2D eigenvalue weighted by Gasteiger charge is 2.22. The molecule has 1 heterocycles. The van der Waals surface area contributed by atoms with Gasteiger partial charge >= 0.3 is 0 Å². The Morgan fingerprint density at radius 2 is 2.19 bits per heavy atom. The molecule has 3 heteroatoms. The molecule has 0 aliphatic carbocycles. The summed E-state index contributed by atoms with van der Waals surface area (Å²) in [7, 11) is 0. The Labute approximate surface area is 128 Å². The molecule has 1 unspecified atom stereocenters. The fraction of sp³-hybridized carbons (Fsp3) is 0.611. The molecule has 21 heavy (non-hydrogen) atoms. The molecule has 1 amide bonds. The molecule has 3 nitrogen and oxygen atoms in total. The summed E-state index contributed by atoms with van der Waals surface area (Å²) in [4.78, 5) is 13.8. The Balaban J connectivity index is 2.02. The fourth-order valence-corrected chi connectivity index (χ4v) is 3.31. The molecule has 0 aromatic heterocycles. The number of rotatable bonds is 4. The van der Waals surface area contributed by atoms with E-state index in [-0.39, 0.29) is 5.91 Å². The van der Waals surface area contributed by atoms with E-state index in [0.717, 1.165) is 30.3 Å². The first-order chi connectivity index (χ1) is 9.97. The quantitative estimate of drug-likeness (QED) is 0.876. The number of piperidine rings is 1. The summed E-state index contributed by atoms with van der Waals surface area (Å²) in [6.07, 6.45) is 2.55. The SMILES string of the molecule is Cc1cccc(C(C)C)c1NC(=O)C[NH+]1CCC[C@H](C)C1. The largest absolute Gasteiger partial charge is 0.327 e. The Morgan fingerprint density at radius 1 is 1.43 bits per heavy atom. The molecule has 1 saturated heterocycles. The number of anilines is 1. The summed E-state index contributed by atoms with van der Waals surface area (Å²) >= 11 is 0. The predicted octanol–water partition coefficient (Wildman–Crippen LogP) is 2.37. The Kier molecular flexibility index (Phi) is 5.40. The Morgan fingerprint density at radius 3 is 2.86 bits per heavy atom. The number of carbonyl (C=O) groups excluding carboxylic acids is 1. The molecule has 1 aromatic carbocycles. The first kappa shape index (κ1) is 16.0. The van der Waals surface area contributed by atoms with Crippen LogP contribution in [-0.2, 0) is 4.79 Å². The second kappa shape index (κ2) is 7.08. The fourth-order valence-electron chi connectivity index (χ4n) is 3.31. The van der Waals surface area contributed by atoms with Gasteiger partial charge < -0.3 is 10.2 Å². The minimum atomic E-state index is 0.148. The van der Waals surface area contributed by atoms with Crippen molar-refractivity contribution in [2.45, 2.75) is 46.5 Å². The third-order valence-electron chi connectivity index (χ3n) is 4.47. The number of hydrogen-bond acceptors (Lipinski definition) is 1. The first-order valence-electron chi connectivity index (χ1n) is 8.20. The van der Waals surface area contributed by atoms with E-state index in [2.05, 4.69) is 51.2 Å². The number of amides is 1. The van der Waals surface area contributed by atoms with Gasteiger partial charge in [-0.2, -0.15) is 0 Å². The van der Waals surface area contributed by atoms with Gasteiger partial charge in [0, 0.05) is 11.6 Å². The van der Waals surface area contributed by atoms with Crippen molar-refractivity contribution < 1.29 is 9.69 Å². The van der Waals surface area contributed by atoms with E-state index < -0.39 is 0 Å². The molecule has 0 saturated carbocycles. The van der Waals surface area contributed by atoms with Crippen molar-refractivity contribution in [3.63, 3.8) is 0 Å². The topological polar surface area (TPSA) is 33.5 Å². The molecule has 1 aromatic rings. The van der Waals surface area contributed by atoms with Crippen LogP contribution in [0.5, 0.6) is 0 Å². The van der Waals surface area contributed by atoms with Gasteiger partial charge in [-0.05, 0) is 36.8 Å². The highest BCUT2D eigenvalue weighted by Crippen LogP contribution is 2.27. The lowest BCUT2D eigenvalue weighted by molar-refractivity contribution is -0.900. The zero-order valence-corrected chi connectivity index (χ0v) is 13.8. The van der Waals surface area contributed by atoms with E-state index in [1.165, 1.54) is 23.3 Å². The van der Waals surface area contributed by atoms with Crippen LogP contribution in [0.3, 0.4) is 0 Å². The highest BCUT2D eigenvalue weighted by atomic mass is 16.2. The van der Waals surface area contributed by atoms with Crippen molar-refractivity contribution in [3.05, 3.63) is 29.3 Å².